The molecule has 0 spiro atoms. The molecule has 0 atom stereocenters. The van der Waals surface area contributed by atoms with E-state index in [1.54, 1.807) is 6.20 Å². The molecular formula is C7H9ClN4. The molecule has 1 fully saturated rings. The molecule has 0 saturated heterocycles. The zero-order chi connectivity index (χ0) is 8.77. The Bertz CT molecular complexity index is 321. The lowest BCUT2D eigenvalue weighted by molar-refractivity contribution is 0.948. The molecule has 0 bridgehead atoms. The minimum atomic E-state index is -0.311. The molecule has 0 aromatic carbocycles. The molecule has 4 N–H and O–H groups in total. The maximum Gasteiger partial charge on any atom is 0.169 e. The summed E-state index contributed by atoms with van der Waals surface area (Å²) in [5.74, 6) is 0.263. The largest absolute Gasteiger partial charge is 0.395 e. The van der Waals surface area contributed by atoms with Crippen LogP contribution >= 0.6 is 11.6 Å². The standard InChI is InChI=1S/C7H9ClN4/c8-7(1-2-7)4-3-11-12-6(10)5(4)9/h3H,1-2H2,(H2,9,11)(H2,10,12). The van der Waals surface area contributed by atoms with Crippen molar-refractivity contribution in [2.75, 3.05) is 11.5 Å². The molecule has 2 rings (SSSR count). The fraction of sp³-hybridized carbons (Fsp3) is 0.429. The smallest absolute Gasteiger partial charge is 0.169 e. The number of anilines is 2. The number of hydrogen-bond donors (Lipinski definition) is 2. The van der Waals surface area contributed by atoms with Crippen LogP contribution < -0.4 is 11.5 Å². The number of nitrogens with zero attached hydrogens (tertiary/aromatic N) is 2. The van der Waals surface area contributed by atoms with Crippen LogP contribution in [0.3, 0.4) is 0 Å². The predicted octanol–water partition coefficient (Wildman–Crippen LogP) is 0.869. The van der Waals surface area contributed by atoms with Gasteiger partial charge in [-0.05, 0) is 12.8 Å². The Morgan fingerprint density at radius 1 is 1.42 bits per heavy atom. The molecule has 1 saturated carbocycles. The maximum absolute atomic E-state index is 6.14. The van der Waals surface area contributed by atoms with Crippen LogP contribution in [0, 0.1) is 0 Å². The Morgan fingerprint density at radius 3 is 2.67 bits per heavy atom. The first-order chi connectivity index (χ1) is 5.63. The molecular weight excluding hydrogens is 176 g/mol. The average Bonchev–Trinajstić information content (AvgIpc) is 2.75. The summed E-state index contributed by atoms with van der Waals surface area (Å²) in [4.78, 5) is -0.311. The maximum atomic E-state index is 6.14. The first kappa shape index (κ1) is 7.61. The number of hydrogen-bond acceptors (Lipinski definition) is 4. The van der Waals surface area contributed by atoms with Gasteiger partial charge in [-0.1, -0.05) is 0 Å². The molecule has 4 nitrogen and oxygen atoms in total. The van der Waals surface area contributed by atoms with E-state index in [-0.39, 0.29) is 10.7 Å². The van der Waals surface area contributed by atoms with Gasteiger partial charge < -0.3 is 11.5 Å². The summed E-state index contributed by atoms with van der Waals surface area (Å²) in [5, 5.41) is 7.34. The monoisotopic (exact) mass is 184 g/mol. The van der Waals surface area contributed by atoms with Crippen LogP contribution in [0.1, 0.15) is 18.4 Å². The molecule has 0 radical (unpaired) electrons. The van der Waals surface area contributed by atoms with Crippen molar-refractivity contribution < 1.29 is 0 Å². The number of halogens is 1. The van der Waals surface area contributed by atoms with E-state index in [4.69, 9.17) is 23.1 Å². The highest BCUT2D eigenvalue weighted by molar-refractivity contribution is 6.26. The molecule has 5 heteroatoms. The third-order valence-electron chi connectivity index (χ3n) is 2.09. The van der Waals surface area contributed by atoms with E-state index in [0.717, 1.165) is 18.4 Å². The van der Waals surface area contributed by atoms with Gasteiger partial charge in [-0.3, -0.25) is 0 Å². The van der Waals surface area contributed by atoms with Crippen LogP contribution in [0.4, 0.5) is 11.5 Å². The second-order valence-corrected chi connectivity index (χ2v) is 3.75. The zero-order valence-corrected chi connectivity index (χ0v) is 7.17. The van der Waals surface area contributed by atoms with E-state index in [9.17, 15) is 0 Å². The first-order valence-corrected chi connectivity index (χ1v) is 4.07. The van der Waals surface area contributed by atoms with Gasteiger partial charge in [0.25, 0.3) is 0 Å². The summed E-state index contributed by atoms with van der Waals surface area (Å²) in [6, 6.07) is 0. The van der Waals surface area contributed by atoms with Crippen LogP contribution in [0.15, 0.2) is 6.20 Å². The van der Waals surface area contributed by atoms with Crippen LogP contribution in [0.5, 0.6) is 0 Å². The summed E-state index contributed by atoms with van der Waals surface area (Å²) in [6.07, 6.45) is 3.46. The number of alkyl halides is 1. The molecule has 0 amide bonds. The highest BCUT2D eigenvalue weighted by atomic mass is 35.5. The van der Waals surface area contributed by atoms with Gasteiger partial charge in [0, 0.05) is 5.56 Å². The van der Waals surface area contributed by atoms with E-state index in [2.05, 4.69) is 10.2 Å². The molecule has 0 unspecified atom stereocenters. The Hall–Kier alpha value is -1.03. The van der Waals surface area contributed by atoms with Crippen molar-refractivity contribution in [3.05, 3.63) is 11.8 Å². The van der Waals surface area contributed by atoms with Crippen molar-refractivity contribution in [3.8, 4) is 0 Å². The fourth-order valence-corrected chi connectivity index (χ4v) is 1.39. The summed E-state index contributed by atoms with van der Waals surface area (Å²) in [6.45, 7) is 0. The fourth-order valence-electron chi connectivity index (χ4n) is 1.15. The lowest BCUT2D eigenvalue weighted by Gasteiger charge is -2.09. The Kier molecular flexibility index (Phi) is 1.41. The van der Waals surface area contributed by atoms with Crippen LogP contribution in [-0.2, 0) is 4.87 Å². The third kappa shape index (κ3) is 0.992. The molecule has 12 heavy (non-hydrogen) atoms. The van der Waals surface area contributed by atoms with E-state index in [1.807, 2.05) is 0 Å². The molecule has 1 aromatic heterocycles. The van der Waals surface area contributed by atoms with Gasteiger partial charge in [-0.2, -0.15) is 5.10 Å². The number of rotatable bonds is 1. The summed E-state index contributed by atoms with van der Waals surface area (Å²) < 4.78 is 0. The van der Waals surface area contributed by atoms with Crippen molar-refractivity contribution in [1.82, 2.24) is 10.2 Å². The van der Waals surface area contributed by atoms with Gasteiger partial charge >= 0.3 is 0 Å². The lowest BCUT2D eigenvalue weighted by atomic mass is 10.1. The lowest BCUT2D eigenvalue weighted by Crippen LogP contribution is -2.08. The van der Waals surface area contributed by atoms with Crippen molar-refractivity contribution in [3.63, 3.8) is 0 Å². The van der Waals surface area contributed by atoms with E-state index >= 15 is 0 Å². The SMILES string of the molecule is Nc1nncc(C2(Cl)CC2)c1N. The third-order valence-corrected chi connectivity index (χ3v) is 2.67. The summed E-state index contributed by atoms with van der Waals surface area (Å²) in [7, 11) is 0. The van der Waals surface area contributed by atoms with Gasteiger partial charge in [-0.15, -0.1) is 16.7 Å². The first-order valence-electron chi connectivity index (χ1n) is 3.69. The molecule has 1 aromatic rings. The normalized spacial score (nSPS) is 19.1. The Labute approximate surface area is 74.9 Å². The molecule has 64 valence electrons. The number of aromatic nitrogens is 2. The Balaban J connectivity index is 2.51. The molecule has 1 heterocycles. The number of nitrogen functional groups attached to an aromatic ring is 2. The average molecular weight is 185 g/mol. The molecule has 1 aliphatic carbocycles. The second-order valence-electron chi connectivity index (χ2n) is 3.02. The van der Waals surface area contributed by atoms with Crippen LogP contribution in [0.2, 0.25) is 0 Å². The van der Waals surface area contributed by atoms with Crippen molar-refractivity contribution in [1.29, 1.82) is 0 Å². The van der Waals surface area contributed by atoms with Gasteiger partial charge in [0.1, 0.15) is 0 Å². The van der Waals surface area contributed by atoms with Crippen molar-refractivity contribution in [2.24, 2.45) is 0 Å². The van der Waals surface area contributed by atoms with Gasteiger partial charge in [0.2, 0.25) is 0 Å². The zero-order valence-electron chi connectivity index (χ0n) is 6.42. The van der Waals surface area contributed by atoms with E-state index in [1.165, 1.54) is 0 Å². The van der Waals surface area contributed by atoms with Crippen LogP contribution in [-0.4, -0.2) is 10.2 Å². The topological polar surface area (TPSA) is 77.8 Å². The minimum absolute atomic E-state index is 0.263. The van der Waals surface area contributed by atoms with Gasteiger partial charge in [0.05, 0.1) is 16.8 Å². The highest BCUT2D eigenvalue weighted by Crippen LogP contribution is 2.53. The van der Waals surface area contributed by atoms with Gasteiger partial charge in [0.15, 0.2) is 5.82 Å². The van der Waals surface area contributed by atoms with E-state index < -0.39 is 0 Å². The quantitative estimate of drug-likeness (QED) is 0.635. The van der Waals surface area contributed by atoms with E-state index in [0.29, 0.717) is 5.69 Å². The van der Waals surface area contributed by atoms with Crippen LogP contribution in [0.25, 0.3) is 0 Å². The Morgan fingerprint density at radius 2 is 2.08 bits per heavy atom. The predicted molar refractivity (Wildman–Crippen MR) is 47.6 cm³/mol. The molecule has 0 aliphatic heterocycles. The second kappa shape index (κ2) is 2.23. The summed E-state index contributed by atoms with van der Waals surface area (Å²) in [5.41, 5.74) is 12.5. The number of nitrogens with two attached hydrogens (primary N) is 2. The molecule has 1 aliphatic rings. The van der Waals surface area contributed by atoms with Crippen molar-refractivity contribution >= 4 is 23.1 Å². The van der Waals surface area contributed by atoms with Gasteiger partial charge in [-0.25, -0.2) is 0 Å². The van der Waals surface area contributed by atoms with Crippen molar-refractivity contribution in [2.45, 2.75) is 17.7 Å². The highest BCUT2D eigenvalue weighted by Gasteiger charge is 2.44. The summed E-state index contributed by atoms with van der Waals surface area (Å²) >= 11 is 6.14. The minimum Gasteiger partial charge on any atom is -0.395 e.